The molecule has 0 saturated carbocycles. The van der Waals surface area contributed by atoms with E-state index in [1.165, 1.54) is 11.1 Å². The zero-order chi connectivity index (χ0) is 13.7. The highest BCUT2D eigenvalue weighted by atomic mass is 79.9. The topological polar surface area (TPSA) is 29.1 Å². The van der Waals surface area contributed by atoms with Crippen molar-refractivity contribution in [2.24, 2.45) is 0 Å². The summed E-state index contributed by atoms with van der Waals surface area (Å²) in [7, 11) is 0. The highest BCUT2D eigenvalue weighted by molar-refractivity contribution is 9.09. The third-order valence-electron chi connectivity index (χ3n) is 3.02. The van der Waals surface area contributed by atoms with Crippen molar-refractivity contribution in [3.8, 4) is 0 Å². The Balaban J connectivity index is 2.51. The number of halogens is 1. The summed E-state index contributed by atoms with van der Waals surface area (Å²) in [4.78, 5) is 12.3. The fourth-order valence-corrected chi connectivity index (χ4v) is 2.53. The van der Waals surface area contributed by atoms with Crippen LogP contribution in [0.25, 0.3) is 0 Å². The van der Waals surface area contributed by atoms with Crippen LogP contribution in [0.4, 0.5) is 0 Å². The maximum atomic E-state index is 11.9. The number of rotatable bonds is 5. The molecule has 2 nitrogen and oxygen atoms in total. The monoisotopic (exact) mass is 311 g/mol. The molecule has 0 saturated heterocycles. The number of carbonyl (C=O) groups excluding carboxylic acids is 1. The first-order valence-corrected chi connectivity index (χ1v) is 7.29. The van der Waals surface area contributed by atoms with E-state index in [2.05, 4.69) is 54.2 Å². The molecule has 1 aromatic rings. The van der Waals surface area contributed by atoms with Gasteiger partial charge >= 0.3 is 0 Å². The van der Waals surface area contributed by atoms with Gasteiger partial charge in [-0.1, -0.05) is 41.1 Å². The van der Waals surface area contributed by atoms with Crippen molar-refractivity contribution in [1.82, 2.24) is 5.32 Å². The average molecular weight is 312 g/mol. The molecular weight excluding hydrogens is 290 g/mol. The van der Waals surface area contributed by atoms with E-state index in [-0.39, 0.29) is 11.9 Å². The van der Waals surface area contributed by atoms with Crippen molar-refractivity contribution in [3.63, 3.8) is 0 Å². The Kier molecular flexibility index (Phi) is 5.86. The number of nitrogens with one attached hydrogen (secondary N) is 1. The van der Waals surface area contributed by atoms with Crippen LogP contribution in [-0.2, 0) is 11.2 Å². The lowest BCUT2D eigenvalue weighted by atomic mass is 10.0. The largest absolute Gasteiger partial charge is 0.353 e. The molecule has 0 heterocycles. The van der Waals surface area contributed by atoms with E-state index in [0.29, 0.717) is 11.2 Å². The molecule has 1 rings (SSSR count). The Morgan fingerprint density at radius 2 is 1.94 bits per heavy atom. The van der Waals surface area contributed by atoms with Gasteiger partial charge in [0.25, 0.3) is 0 Å². The Morgan fingerprint density at radius 1 is 1.28 bits per heavy atom. The Hall–Kier alpha value is -0.830. The summed E-state index contributed by atoms with van der Waals surface area (Å²) in [5.41, 5.74) is 3.58. The highest BCUT2D eigenvalue weighted by Gasteiger charge is 2.10. The summed E-state index contributed by atoms with van der Waals surface area (Å²) in [5.74, 6) is 0.0962. The molecule has 1 aromatic carbocycles. The molecule has 2 atom stereocenters. The van der Waals surface area contributed by atoms with Gasteiger partial charge in [-0.2, -0.15) is 0 Å². The zero-order valence-corrected chi connectivity index (χ0v) is 13.2. The van der Waals surface area contributed by atoms with Gasteiger partial charge in [0.15, 0.2) is 0 Å². The average Bonchev–Trinajstić information content (AvgIpc) is 2.21. The van der Waals surface area contributed by atoms with Crippen LogP contribution in [0.1, 0.15) is 37.0 Å². The first-order valence-electron chi connectivity index (χ1n) is 6.38. The second-order valence-corrected chi connectivity index (χ2v) is 6.64. The Bertz CT molecular complexity index is 415. The van der Waals surface area contributed by atoms with Crippen LogP contribution in [0.3, 0.4) is 0 Å². The van der Waals surface area contributed by atoms with Crippen LogP contribution in [-0.4, -0.2) is 16.8 Å². The molecule has 3 heteroatoms. The lowest BCUT2D eigenvalue weighted by Crippen LogP contribution is -2.34. The Morgan fingerprint density at radius 3 is 2.50 bits per heavy atom. The second kappa shape index (κ2) is 6.93. The maximum absolute atomic E-state index is 11.9. The summed E-state index contributed by atoms with van der Waals surface area (Å²) in [6, 6.07) is 6.40. The summed E-state index contributed by atoms with van der Waals surface area (Å²) >= 11 is 3.50. The van der Waals surface area contributed by atoms with E-state index in [4.69, 9.17) is 0 Å². The predicted molar refractivity (Wildman–Crippen MR) is 80.2 cm³/mol. The summed E-state index contributed by atoms with van der Waals surface area (Å²) in [5, 5.41) is 3.02. The third-order valence-corrected chi connectivity index (χ3v) is 3.40. The van der Waals surface area contributed by atoms with Crippen LogP contribution in [0.2, 0.25) is 0 Å². The van der Waals surface area contributed by atoms with Gasteiger partial charge in [-0.3, -0.25) is 4.79 Å². The highest BCUT2D eigenvalue weighted by Crippen LogP contribution is 2.11. The van der Waals surface area contributed by atoms with Crippen LogP contribution in [0, 0.1) is 13.8 Å². The fraction of sp³-hybridized carbons (Fsp3) is 0.533. The normalized spacial score (nSPS) is 14.1. The molecule has 2 unspecified atom stereocenters. The molecule has 0 aliphatic carbocycles. The van der Waals surface area contributed by atoms with E-state index in [0.717, 1.165) is 12.0 Å². The minimum absolute atomic E-state index is 0.0962. The molecule has 0 bridgehead atoms. The summed E-state index contributed by atoms with van der Waals surface area (Å²) in [6.45, 7) is 8.28. The summed E-state index contributed by atoms with van der Waals surface area (Å²) in [6.07, 6.45) is 1.40. The molecule has 18 heavy (non-hydrogen) atoms. The Labute approximate surface area is 118 Å². The standard InChI is InChI=1S/C15H22BrNO/c1-10-5-6-14(7-11(10)2)9-15(18)17-13(4)8-12(3)16/h5-7,12-13H,8-9H2,1-4H3,(H,17,18). The van der Waals surface area contributed by atoms with Gasteiger partial charge in [-0.15, -0.1) is 0 Å². The van der Waals surface area contributed by atoms with E-state index < -0.39 is 0 Å². The van der Waals surface area contributed by atoms with E-state index in [9.17, 15) is 4.79 Å². The van der Waals surface area contributed by atoms with Crippen molar-refractivity contribution in [2.45, 2.75) is 51.4 Å². The molecule has 0 fully saturated rings. The van der Waals surface area contributed by atoms with Crippen molar-refractivity contribution < 1.29 is 4.79 Å². The van der Waals surface area contributed by atoms with Gasteiger partial charge in [0.1, 0.15) is 0 Å². The van der Waals surface area contributed by atoms with Gasteiger partial charge < -0.3 is 5.32 Å². The molecule has 0 radical (unpaired) electrons. The minimum Gasteiger partial charge on any atom is -0.353 e. The number of hydrogen-bond acceptors (Lipinski definition) is 1. The molecule has 0 aliphatic rings. The number of amides is 1. The van der Waals surface area contributed by atoms with E-state index in [1.54, 1.807) is 0 Å². The van der Waals surface area contributed by atoms with Gasteiger partial charge in [0.05, 0.1) is 6.42 Å². The van der Waals surface area contributed by atoms with Crippen molar-refractivity contribution >= 4 is 21.8 Å². The molecular formula is C15H22BrNO. The smallest absolute Gasteiger partial charge is 0.224 e. The molecule has 100 valence electrons. The second-order valence-electron chi connectivity index (χ2n) is 5.08. The number of carbonyl (C=O) groups is 1. The lowest BCUT2D eigenvalue weighted by Gasteiger charge is -2.15. The number of alkyl halides is 1. The first kappa shape index (κ1) is 15.2. The van der Waals surface area contributed by atoms with Crippen LogP contribution in [0.5, 0.6) is 0 Å². The lowest BCUT2D eigenvalue weighted by molar-refractivity contribution is -0.121. The summed E-state index contributed by atoms with van der Waals surface area (Å²) < 4.78 is 0. The van der Waals surface area contributed by atoms with Crippen molar-refractivity contribution in [2.75, 3.05) is 0 Å². The molecule has 1 amide bonds. The number of aryl methyl sites for hydroxylation is 2. The molecule has 0 spiro atoms. The van der Waals surface area contributed by atoms with Crippen molar-refractivity contribution in [1.29, 1.82) is 0 Å². The number of benzene rings is 1. The fourth-order valence-electron chi connectivity index (χ4n) is 1.97. The van der Waals surface area contributed by atoms with Crippen LogP contribution >= 0.6 is 15.9 Å². The van der Waals surface area contributed by atoms with Gasteiger partial charge in [0.2, 0.25) is 5.91 Å². The van der Waals surface area contributed by atoms with Gasteiger partial charge in [-0.25, -0.2) is 0 Å². The zero-order valence-electron chi connectivity index (χ0n) is 11.6. The first-order chi connectivity index (χ1) is 8.38. The van der Waals surface area contributed by atoms with Crippen LogP contribution in [0.15, 0.2) is 18.2 Å². The number of hydrogen-bond donors (Lipinski definition) is 1. The molecule has 0 aliphatic heterocycles. The molecule has 0 aromatic heterocycles. The van der Waals surface area contributed by atoms with Crippen molar-refractivity contribution in [3.05, 3.63) is 34.9 Å². The van der Waals surface area contributed by atoms with Gasteiger partial charge in [0, 0.05) is 10.9 Å². The maximum Gasteiger partial charge on any atom is 0.224 e. The minimum atomic E-state index is 0.0962. The van der Waals surface area contributed by atoms with Gasteiger partial charge in [-0.05, 0) is 43.9 Å². The van der Waals surface area contributed by atoms with E-state index in [1.807, 2.05) is 13.0 Å². The quantitative estimate of drug-likeness (QED) is 0.828. The third kappa shape index (κ3) is 5.21. The van der Waals surface area contributed by atoms with Crippen LogP contribution < -0.4 is 5.32 Å². The molecule has 1 N–H and O–H groups in total. The van der Waals surface area contributed by atoms with E-state index >= 15 is 0 Å². The predicted octanol–water partition coefficient (Wildman–Crippen LogP) is 3.52. The SMILES string of the molecule is Cc1ccc(CC(=O)NC(C)CC(C)Br)cc1C.